The van der Waals surface area contributed by atoms with Crippen LogP contribution >= 0.6 is 0 Å². The van der Waals surface area contributed by atoms with Crippen LogP contribution in [-0.4, -0.2) is 54.1 Å². The molecule has 1 aliphatic heterocycles. The van der Waals surface area contributed by atoms with Gasteiger partial charge in [-0.1, -0.05) is 0 Å². The van der Waals surface area contributed by atoms with E-state index in [0.717, 1.165) is 45.1 Å². The molecule has 2 atom stereocenters. The van der Waals surface area contributed by atoms with Crippen molar-refractivity contribution < 1.29 is 56.9 Å². The molecule has 1 saturated carbocycles. The molecule has 8 heteroatoms. The molecule has 1 heterocycles. The fraction of sp³-hybridized carbons (Fsp3) is 0.640. The van der Waals surface area contributed by atoms with Crippen LogP contribution in [0.2, 0.25) is 0 Å². The van der Waals surface area contributed by atoms with Crippen LogP contribution < -0.4 is 10.6 Å². The van der Waals surface area contributed by atoms with Gasteiger partial charge in [0.15, 0.2) is 5.97 Å². The Morgan fingerprint density at radius 1 is 1.21 bits per heavy atom. The summed E-state index contributed by atoms with van der Waals surface area (Å²) in [4.78, 5) is 21.0. The van der Waals surface area contributed by atoms with Gasteiger partial charge in [0.2, 0.25) is 0 Å². The third-order valence-corrected chi connectivity index (χ3v) is 5.64. The van der Waals surface area contributed by atoms with Crippen LogP contribution in [0.4, 0.5) is 4.79 Å². The van der Waals surface area contributed by atoms with Crippen molar-refractivity contribution in [2.45, 2.75) is 89.0 Å². The van der Waals surface area contributed by atoms with E-state index in [1.54, 1.807) is 0 Å². The van der Waals surface area contributed by atoms with Crippen molar-refractivity contribution >= 4 is 12.1 Å². The largest absolute Gasteiger partial charge is 0.503 e. The zero-order chi connectivity index (χ0) is 23.6. The van der Waals surface area contributed by atoms with Gasteiger partial charge in [-0.15, -0.1) is 0 Å². The van der Waals surface area contributed by atoms with Gasteiger partial charge < -0.3 is 25.2 Å². The third-order valence-electron chi connectivity index (χ3n) is 5.64. The Hall–Kier alpha value is -1.15. The summed E-state index contributed by atoms with van der Waals surface area (Å²) in [6.07, 6.45) is 6.46. The number of rotatable bonds is 5. The topological polar surface area (TPSA) is 96.9 Å². The second-order valence-corrected chi connectivity index (χ2v) is 9.47. The van der Waals surface area contributed by atoms with E-state index in [1.807, 2.05) is 32.9 Å². The molecular formula is C25H38N2O5Y-2. The molecule has 7 nitrogen and oxygen atoms in total. The number of carboxylic acids is 1. The molecule has 1 aromatic rings. The monoisotopic (exact) mass is 535 g/mol. The maximum Gasteiger partial charge on any atom is 0.407 e. The average Bonchev–Trinajstić information content (AvgIpc) is 2.72. The molecule has 2 fully saturated rings. The molecular weight excluding hydrogens is 497 g/mol. The van der Waals surface area contributed by atoms with Crippen LogP contribution in [0.3, 0.4) is 0 Å². The molecule has 1 amide bonds. The van der Waals surface area contributed by atoms with Gasteiger partial charge in [0.1, 0.15) is 5.60 Å². The predicted molar refractivity (Wildman–Crippen MR) is 123 cm³/mol. The number of benzene rings is 1. The molecule has 0 spiro atoms. The molecule has 183 valence electrons. The molecule has 0 bridgehead atoms. The first kappa shape index (κ1) is 29.9. The smallest absolute Gasteiger partial charge is 0.407 e. The van der Waals surface area contributed by atoms with E-state index in [9.17, 15) is 4.79 Å². The minimum absolute atomic E-state index is 0. The summed E-state index contributed by atoms with van der Waals surface area (Å²) >= 11 is 0. The Bertz CT molecular complexity index is 698. The summed E-state index contributed by atoms with van der Waals surface area (Å²) in [5, 5.41) is 13.9. The van der Waals surface area contributed by atoms with Crippen LogP contribution in [0.15, 0.2) is 24.3 Å². The van der Waals surface area contributed by atoms with Crippen molar-refractivity contribution in [1.29, 1.82) is 0 Å². The Balaban J connectivity index is 0.00000101. The van der Waals surface area contributed by atoms with Gasteiger partial charge in [0.25, 0.3) is 0 Å². The third kappa shape index (κ3) is 12.2. The van der Waals surface area contributed by atoms with Crippen molar-refractivity contribution in [3.05, 3.63) is 42.8 Å². The first-order chi connectivity index (χ1) is 15.1. The first-order valence-corrected chi connectivity index (χ1v) is 11.5. The molecule has 1 aliphatic carbocycles. The summed E-state index contributed by atoms with van der Waals surface area (Å²) in [6.45, 7) is 9.81. The van der Waals surface area contributed by atoms with Gasteiger partial charge in [-0.2, -0.15) is 35.9 Å². The minimum atomic E-state index is -1.08. The van der Waals surface area contributed by atoms with E-state index in [0.29, 0.717) is 18.6 Å². The van der Waals surface area contributed by atoms with Gasteiger partial charge in [-0.3, -0.25) is 11.7 Å². The molecule has 1 radical (unpaired) electrons. The number of hydrogen-bond donors (Lipinski definition) is 3. The van der Waals surface area contributed by atoms with Crippen LogP contribution in [0.5, 0.6) is 0 Å². The van der Waals surface area contributed by atoms with Gasteiger partial charge in [-0.25, -0.2) is 4.79 Å². The number of carbonyl (C=O) groups is 2. The normalized spacial score (nSPS) is 24.9. The molecule has 1 aromatic carbocycles. The van der Waals surface area contributed by atoms with Crippen molar-refractivity contribution in [2.75, 3.05) is 13.2 Å². The summed E-state index contributed by atoms with van der Waals surface area (Å²) in [7, 11) is 0. The number of piperidine rings is 1. The zero-order valence-electron chi connectivity index (χ0n) is 20.1. The summed E-state index contributed by atoms with van der Waals surface area (Å²) in [6, 6.07) is 11.9. The van der Waals surface area contributed by atoms with Crippen molar-refractivity contribution in [3.8, 4) is 0 Å². The van der Waals surface area contributed by atoms with Gasteiger partial charge >= 0.3 is 6.09 Å². The number of carboxylic acid groups (broad SMARTS) is 1. The number of hydrogen-bond acceptors (Lipinski definition) is 5. The van der Waals surface area contributed by atoms with Crippen LogP contribution in [0, 0.1) is 13.0 Å². The maximum absolute atomic E-state index is 12.1. The second kappa shape index (κ2) is 15.0. The Morgan fingerprint density at radius 2 is 1.88 bits per heavy atom. The second-order valence-electron chi connectivity index (χ2n) is 9.47. The van der Waals surface area contributed by atoms with Crippen molar-refractivity contribution in [2.24, 2.45) is 0 Å². The van der Waals surface area contributed by atoms with E-state index >= 15 is 0 Å². The van der Waals surface area contributed by atoms with Crippen LogP contribution in [0.25, 0.3) is 0 Å². The van der Waals surface area contributed by atoms with Crippen LogP contribution in [0.1, 0.15) is 70.8 Å². The standard InChI is InChI=1S/C23H35N2O3.C2H3O2.Y/c1-23(2,3)28-22(26)25-20-10-7-15-24-21(20)16-27-19-13-11-18(12-14-19)17-8-5-4-6-9-17;1-2(3)4;/h4-6,8,18-21,24H,7,10-16H2,1-3H3,(H,25,26);1H2,(H,3,4);/q2*-1;/t18?,19?,20-,21?;;/m0../s1. The summed E-state index contributed by atoms with van der Waals surface area (Å²) in [5.74, 6) is -0.476. The molecule has 1 saturated heterocycles. The summed E-state index contributed by atoms with van der Waals surface area (Å²) < 4.78 is 11.7. The van der Waals surface area contributed by atoms with Crippen LogP contribution in [-0.2, 0) is 47.0 Å². The van der Waals surface area contributed by atoms with Gasteiger partial charge in [-0.05, 0) is 71.8 Å². The Kier molecular flexibility index (Phi) is 13.6. The molecule has 3 rings (SSSR count). The SMILES string of the molecule is CC(C)(C)OC(=O)N[C@H]1CCCNC1COC1CCC(c2[c-]cccc2)CC1.[CH2-]C(=O)O.[Y]. The quantitative estimate of drug-likeness (QED) is 0.492. The van der Waals surface area contributed by atoms with Crippen molar-refractivity contribution in [3.63, 3.8) is 0 Å². The van der Waals surface area contributed by atoms with E-state index in [2.05, 4.69) is 35.8 Å². The fourth-order valence-corrected chi connectivity index (χ4v) is 4.20. The van der Waals surface area contributed by atoms with E-state index in [-0.39, 0.29) is 50.9 Å². The maximum atomic E-state index is 12.1. The fourth-order valence-electron chi connectivity index (χ4n) is 4.20. The van der Waals surface area contributed by atoms with E-state index in [1.165, 1.54) is 5.56 Å². The minimum Gasteiger partial charge on any atom is -0.503 e. The number of nitrogens with one attached hydrogen (secondary N) is 2. The average molecular weight is 535 g/mol. The zero-order valence-corrected chi connectivity index (χ0v) is 23.0. The number of carbonyl (C=O) groups excluding carboxylic acids is 1. The molecule has 1 unspecified atom stereocenters. The number of alkyl carbamates (subject to hydrolysis) is 1. The van der Waals surface area contributed by atoms with Crippen molar-refractivity contribution in [1.82, 2.24) is 10.6 Å². The number of ether oxygens (including phenoxy) is 2. The Morgan fingerprint density at radius 3 is 2.45 bits per heavy atom. The van der Waals surface area contributed by atoms with E-state index < -0.39 is 11.6 Å². The van der Waals surface area contributed by atoms with Gasteiger partial charge in [0, 0.05) is 38.8 Å². The molecule has 33 heavy (non-hydrogen) atoms. The summed E-state index contributed by atoms with van der Waals surface area (Å²) in [5.41, 5.74) is 0.851. The van der Waals surface area contributed by atoms with E-state index in [4.69, 9.17) is 19.4 Å². The number of amides is 1. The Labute approximate surface area is 223 Å². The van der Waals surface area contributed by atoms with Gasteiger partial charge in [0.05, 0.1) is 18.8 Å². The molecule has 0 aromatic heterocycles. The molecule has 3 N–H and O–H groups in total. The number of aliphatic carboxylic acids is 1. The molecule has 2 aliphatic rings. The first-order valence-electron chi connectivity index (χ1n) is 11.5. The predicted octanol–water partition coefficient (Wildman–Crippen LogP) is 4.08.